The van der Waals surface area contributed by atoms with Crippen molar-refractivity contribution in [2.24, 2.45) is 0 Å². The van der Waals surface area contributed by atoms with Crippen LogP contribution in [0, 0.1) is 0 Å². The van der Waals surface area contributed by atoms with E-state index in [2.05, 4.69) is 17.9 Å². The van der Waals surface area contributed by atoms with E-state index < -0.39 is 0 Å². The number of hydrogen-bond acceptors (Lipinski definition) is 3. The molecule has 11 heavy (non-hydrogen) atoms. The summed E-state index contributed by atoms with van der Waals surface area (Å²) in [6.07, 6.45) is 1.51. The molecule has 0 aliphatic heterocycles. The molecule has 0 aromatic heterocycles. The first kappa shape index (κ1) is 12.7. The summed E-state index contributed by atoms with van der Waals surface area (Å²) in [5.41, 5.74) is 0.414. The van der Waals surface area contributed by atoms with Gasteiger partial charge in [-0.3, -0.25) is 4.57 Å². The Kier molecular flexibility index (Phi) is 10.5. The standard InChI is InChI=1S/C7H10O2.HOP/c1-4-5-9-7(8)6(2)3;1-2/h4H,1-2,5H2,3H3;2H. The fraction of sp³-hybridized carbons (Fsp3) is 0.286. The Labute approximate surface area is 68.4 Å². The minimum Gasteiger partial charge on any atom is -0.458 e. The average molecular weight is 174 g/mol. The van der Waals surface area contributed by atoms with Crippen LogP contribution < -0.4 is 0 Å². The van der Waals surface area contributed by atoms with Crippen molar-refractivity contribution in [1.29, 1.82) is 0 Å². The Morgan fingerprint density at radius 1 is 1.64 bits per heavy atom. The molecular weight excluding hydrogens is 163 g/mol. The van der Waals surface area contributed by atoms with Crippen molar-refractivity contribution in [3.8, 4) is 0 Å². The summed E-state index contributed by atoms with van der Waals surface area (Å²) < 4.78 is 12.7. The Hall–Kier alpha value is -0.950. The van der Waals surface area contributed by atoms with Crippen LogP contribution in [0.25, 0.3) is 0 Å². The second kappa shape index (κ2) is 9.05. The largest absolute Gasteiger partial charge is 0.458 e. The summed E-state index contributed by atoms with van der Waals surface area (Å²) in [6, 6.07) is 0. The topological polar surface area (TPSA) is 43.4 Å². The molecule has 0 bridgehead atoms. The van der Waals surface area contributed by atoms with Gasteiger partial charge in [0.25, 0.3) is 0 Å². The van der Waals surface area contributed by atoms with E-state index in [9.17, 15) is 4.79 Å². The van der Waals surface area contributed by atoms with Crippen molar-refractivity contribution >= 4 is 15.1 Å². The van der Waals surface area contributed by atoms with Crippen molar-refractivity contribution in [3.05, 3.63) is 24.8 Å². The first-order chi connectivity index (χ1) is 5.18. The molecular formula is C7H11O3P. The summed E-state index contributed by atoms with van der Waals surface area (Å²) in [5, 5.41) is 0. The summed E-state index contributed by atoms with van der Waals surface area (Å²) in [4.78, 5) is 10.5. The third-order valence-corrected chi connectivity index (χ3v) is 0.681. The number of carbonyl (C=O) groups is 1. The van der Waals surface area contributed by atoms with Gasteiger partial charge in [-0.15, -0.1) is 0 Å². The molecule has 0 N–H and O–H groups in total. The van der Waals surface area contributed by atoms with Crippen LogP contribution in [0.2, 0.25) is 0 Å². The molecule has 0 spiro atoms. The SMILES string of the molecule is C=CCOC(=O)C(=C)C.O=P. The maximum atomic E-state index is 10.5. The van der Waals surface area contributed by atoms with Gasteiger partial charge in [-0.05, 0) is 6.92 Å². The maximum Gasteiger partial charge on any atom is 0.333 e. The zero-order valence-electron chi connectivity index (χ0n) is 6.42. The Balaban J connectivity index is 0. The van der Waals surface area contributed by atoms with E-state index in [-0.39, 0.29) is 12.6 Å². The zero-order chi connectivity index (χ0) is 9.28. The van der Waals surface area contributed by atoms with E-state index in [1.165, 1.54) is 6.08 Å². The zero-order valence-corrected chi connectivity index (χ0v) is 7.42. The van der Waals surface area contributed by atoms with Gasteiger partial charge in [0, 0.05) is 5.57 Å². The second-order valence-corrected chi connectivity index (χ2v) is 1.67. The molecule has 0 aliphatic rings. The van der Waals surface area contributed by atoms with Gasteiger partial charge in [0.1, 0.15) is 15.7 Å². The van der Waals surface area contributed by atoms with E-state index in [1.54, 1.807) is 16.0 Å². The highest BCUT2D eigenvalue weighted by atomic mass is 31.0. The number of carbonyl (C=O) groups excluding carboxylic acids is 1. The first-order valence-electron chi connectivity index (χ1n) is 2.82. The molecule has 0 saturated heterocycles. The van der Waals surface area contributed by atoms with E-state index >= 15 is 0 Å². The fourth-order valence-corrected chi connectivity index (χ4v) is 0.258. The lowest BCUT2D eigenvalue weighted by Gasteiger charge is -1.97. The molecule has 0 unspecified atom stereocenters. The molecule has 0 amide bonds. The summed E-state index contributed by atoms with van der Waals surface area (Å²) in [5.74, 6) is -0.366. The van der Waals surface area contributed by atoms with Gasteiger partial charge < -0.3 is 4.74 Å². The smallest absolute Gasteiger partial charge is 0.333 e. The lowest BCUT2D eigenvalue weighted by molar-refractivity contribution is -0.137. The van der Waals surface area contributed by atoms with Crippen LogP contribution in [0.3, 0.4) is 0 Å². The molecule has 0 aliphatic carbocycles. The van der Waals surface area contributed by atoms with Crippen molar-refractivity contribution in [1.82, 2.24) is 0 Å². The predicted molar refractivity (Wildman–Crippen MR) is 45.0 cm³/mol. The van der Waals surface area contributed by atoms with E-state index in [1.807, 2.05) is 0 Å². The molecule has 0 saturated carbocycles. The predicted octanol–water partition coefficient (Wildman–Crippen LogP) is 1.77. The van der Waals surface area contributed by atoms with Crippen LogP contribution in [0.1, 0.15) is 6.92 Å². The summed E-state index contributed by atoms with van der Waals surface area (Å²) >= 11 is 0. The molecule has 0 aromatic rings. The molecule has 3 nitrogen and oxygen atoms in total. The Morgan fingerprint density at radius 2 is 2.09 bits per heavy atom. The molecule has 0 atom stereocenters. The monoisotopic (exact) mass is 174 g/mol. The van der Waals surface area contributed by atoms with Crippen molar-refractivity contribution in [2.45, 2.75) is 6.92 Å². The number of rotatable bonds is 3. The fourth-order valence-electron chi connectivity index (χ4n) is 0.258. The maximum absolute atomic E-state index is 10.5. The van der Waals surface area contributed by atoms with E-state index in [4.69, 9.17) is 4.57 Å². The van der Waals surface area contributed by atoms with Crippen LogP contribution in [0.15, 0.2) is 24.8 Å². The molecule has 62 valence electrons. The van der Waals surface area contributed by atoms with E-state index in [0.717, 1.165) is 0 Å². The minimum absolute atomic E-state index is 0.256. The highest BCUT2D eigenvalue weighted by molar-refractivity contribution is 7.00. The van der Waals surface area contributed by atoms with Crippen LogP contribution >= 0.6 is 9.12 Å². The van der Waals surface area contributed by atoms with Crippen LogP contribution in [-0.4, -0.2) is 12.6 Å². The highest BCUT2D eigenvalue weighted by Crippen LogP contribution is 1.90. The molecule has 0 fully saturated rings. The molecule has 0 rings (SSSR count). The first-order valence-corrected chi connectivity index (χ1v) is 3.23. The van der Waals surface area contributed by atoms with Crippen molar-refractivity contribution in [3.63, 3.8) is 0 Å². The van der Waals surface area contributed by atoms with Crippen molar-refractivity contribution in [2.75, 3.05) is 6.61 Å². The Bertz CT molecular complexity index is 154. The lowest BCUT2D eigenvalue weighted by Crippen LogP contribution is -2.03. The molecule has 4 heteroatoms. The van der Waals surface area contributed by atoms with Gasteiger partial charge in [0.2, 0.25) is 0 Å². The van der Waals surface area contributed by atoms with Gasteiger partial charge in [0.15, 0.2) is 0 Å². The van der Waals surface area contributed by atoms with Gasteiger partial charge in [0.05, 0.1) is 0 Å². The number of hydrogen-bond donors (Lipinski definition) is 0. The quantitative estimate of drug-likeness (QED) is 0.283. The Morgan fingerprint density at radius 3 is 2.36 bits per heavy atom. The van der Waals surface area contributed by atoms with Gasteiger partial charge in [-0.2, -0.15) is 0 Å². The van der Waals surface area contributed by atoms with E-state index in [0.29, 0.717) is 5.57 Å². The third-order valence-electron chi connectivity index (χ3n) is 0.681. The molecule has 0 aromatic carbocycles. The molecule has 0 heterocycles. The summed E-state index contributed by atoms with van der Waals surface area (Å²) in [7, 11) is 1.72. The van der Waals surface area contributed by atoms with Gasteiger partial charge in [-0.1, -0.05) is 19.2 Å². The van der Waals surface area contributed by atoms with Crippen LogP contribution in [0.5, 0.6) is 0 Å². The van der Waals surface area contributed by atoms with Gasteiger partial charge in [-0.25, -0.2) is 4.79 Å². The normalized spacial score (nSPS) is 7.00. The summed E-state index contributed by atoms with van der Waals surface area (Å²) in [6.45, 7) is 8.64. The third kappa shape index (κ3) is 9.05. The molecule has 0 radical (unpaired) electrons. The van der Waals surface area contributed by atoms with Gasteiger partial charge >= 0.3 is 5.97 Å². The minimum atomic E-state index is -0.366. The van der Waals surface area contributed by atoms with Crippen molar-refractivity contribution < 1.29 is 14.1 Å². The number of ether oxygens (including phenoxy) is 1. The second-order valence-electron chi connectivity index (χ2n) is 1.67. The lowest BCUT2D eigenvalue weighted by atomic mass is 10.4. The van der Waals surface area contributed by atoms with Crippen LogP contribution in [-0.2, 0) is 14.1 Å². The highest BCUT2D eigenvalue weighted by Gasteiger charge is 1.98. The van der Waals surface area contributed by atoms with Crippen LogP contribution in [0.4, 0.5) is 0 Å². The average Bonchev–Trinajstić information content (AvgIpc) is 2.03. The number of esters is 1.